The van der Waals surface area contributed by atoms with Crippen LogP contribution in [0.15, 0.2) is 71.3 Å². The summed E-state index contributed by atoms with van der Waals surface area (Å²) < 4.78 is 7.47. The van der Waals surface area contributed by atoms with Gasteiger partial charge in [-0.25, -0.2) is 10.5 Å². The van der Waals surface area contributed by atoms with Crippen LogP contribution in [0, 0.1) is 0 Å². The Morgan fingerprint density at radius 3 is 2.49 bits per heavy atom. The van der Waals surface area contributed by atoms with Crippen LogP contribution >= 0.6 is 0 Å². The van der Waals surface area contributed by atoms with Crippen molar-refractivity contribution in [1.82, 2.24) is 20.3 Å². The van der Waals surface area contributed by atoms with E-state index >= 15 is 0 Å². The molecule has 1 unspecified atom stereocenters. The highest BCUT2D eigenvalue weighted by Crippen LogP contribution is 2.26. The lowest BCUT2D eigenvalue weighted by Gasteiger charge is -2.20. The molecule has 0 saturated carbocycles. The van der Waals surface area contributed by atoms with Crippen LogP contribution in [-0.2, 0) is 22.6 Å². The number of fused-ring (bicyclic) bond motifs is 1. The summed E-state index contributed by atoms with van der Waals surface area (Å²) in [5.41, 5.74) is 9.58. The Balaban J connectivity index is 1.75. The fourth-order valence-corrected chi connectivity index (χ4v) is 3.90. The van der Waals surface area contributed by atoms with Crippen molar-refractivity contribution in [3.05, 3.63) is 89.6 Å². The van der Waals surface area contributed by atoms with Crippen LogP contribution in [0.25, 0.3) is 11.0 Å². The van der Waals surface area contributed by atoms with Crippen molar-refractivity contribution in [3.63, 3.8) is 0 Å². The molecule has 4 aromatic rings. The number of benzene rings is 2. The third-order valence-corrected chi connectivity index (χ3v) is 5.59. The lowest BCUT2D eigenvalue weighted by molar-refractivity contribution is -0.132. The third-order valence-electron chi connectivity index (χ3n) is 5.59. The number of aromatic nitrogens is 2. The van der Waals surface area contributed by atoms with Crippen molar-refractivity contribution in [2.75, 3.05) is 0 Å². The molecule has 2 aromatic carbocycles. The lowest BCUT2D eigenvalue weighted by Crippen LogP contribution is -2.33. The zero-order chi connectivity index (χ0) is 24.8. The van der Waals surface area contributed by atoms with Crippen LogP contribution in [0.1, 0.15) is 46.4 Å². The maximum absolute atomic E-state index is 12.7. The van der Waals surface area contributed by atoms with E-state index in [1.54, 1.807) is 30.5 Å². The van der Waals surface area contributed by atoms with E-state index in [0.29, 0.717) is 35.6 Å². The number of rotatable bonds is 10. The minimum Gasteiger partial charge on any atom is -0.467 e. The molecule has 0 saturated heterocycles. The predicted molar refractivity (Wildman–Crippen MR) is 126 cm³/mol. The smallest absolute Gasteiger partial charge is 0.248 e. The van der Waals surface area contributed by atoms with Crippen molar-refractivity contribution in [1.29, 1.82) is 0 Å². The van der Waals surface area contributed by atoms with Gasteiger partial charge in [0.15, 0.2) is 0 Å². The molecule has 35 heavy (non-hydrogen) atoms. The molecule has 0 aliphatic heterocycles. The van der Waals surface area contributed by atoms with Gasteiger partial charge < -0.3 is 20.0 Å². The van der Waals surface area contributed by atoms with Gasteiger partial charge >= 0.3 is 0 Å². The van der Waals surface area contributed by atoms with Gasteiger partial charge in [-0.15, -0.1) is 0 Å². The molecule has 10 nitrogen and oxygen atoms in total. The Morgan fingerprint density at radius 1 is 1.03 bits per heavy atom. The first-order valence-electron chi connectivity index (χ1n) is 11.0. The number of nitrogens with one attached hydrogen (secondary N) is 2. The highest BCUT2D eigenvalue weighted by molar-refractivity contribution is 5.96. The Morgan fingerprint density at radius 2 is 1.80 bits per heavy atom. The highest BCUT2D eigenvalue weighted by atomic mass is 16.5. The van der Waals surface area contributed by atoms with E-state index < -0.39 is 17.9 Å². The third kappa shape index (κ3) is 5.74. The topological polar surface area (TPSA) is 152 Å². The Hall–Kier alpha value is -4.44. The fourth-order valence-electron chi connectivity index (χ4n) is 3.90. The molecule has 180 valence electrons. The number of hydrogen-bond donors (Lipinski definition) is 4. The summed E-state index contributed by atoms with van der Waals surface area (Å²) in [6, 6.07) is 17.7. The van der Waals surface area contributed by atoms with E-state index in [-0.39, 0.29) is 18.7 Å². The number of imidazole rings is 1. The molecule has 0 radical (unpaired) electrons. The number of primary amides is 1. The van der Waals surface area contributed by atoms with Gasteiger partial charge in [0.25, 0.3) is 0 Å². The number of hydrogen-bond acceptors (Lipinski definition) is 6. The standard InChI is InChI=1S/C25H25N5O5/c26-24(33)17-8-9-21-19(14-17)28-25(30(21)15-18-7-4-12-35-18)20(13-16-5-2-1-3-6-16)27-22(31)10-11-23(32)29-34/h1-9,12,14,20,34H,10-11,13,15H2,(H2,26,33)(H,27,31)(H,29,32). The van der Waals surface area contributed by atoms with Crippen LogP contribution in [0.4, 0.5) is 0 Å². The van der Waals surface area contributed by atoms with Crippen LogP contribution in [0.3, 0.4) is 0 Å². The maximum Gasteiger partial charge on any atom is 0.248 e. The van der Waals surface area contributed by atoms with Crippen molar-refractivity contribution in [2.24, 2.45) is 5.73 Å². The number of furan rings is 1. The van der Waals surface area contributed by atoms with E-state index in [4.69, 9.17) is 20.3 Å². The molecule has 0 fully saturated rings. The summed E-state index contributed by atoms with van der Waals surface area (Å²) in [7, 11) is 0. The predicted octanol–water partition coefficient (Wildman–Crippen LogP) is 2.46. The van der Waals surface area contributed by atoms with E-state index in [9.17, 15) is 14.4 Å². The second kappa shape index (κ2) is 10.7. The average molecular weight is 476 g/mol. The number of carbonyl (C=O) groups is 3. The van der Waals surface area contributed by atoms with Crippen molar-refractivity contribution >= 4 is 28.8 Å². The molecular weight excluding hydrogens is 450 g/mol. The summed E-state index contributed by atoms with van der Waals surface area (Å²) in [6.07, 6.45) is 1.74. The molecule has 0 bridgehead atoms. The van der Waals surface area contributed by atoms with E-state index in [2.05, 4.69) is 5.32 Å². The first-order chi connectivity index (χ1) is 16.9. The highest BCUT2D eigenvalue weighted by Gasteiger charge is 2.24. The van der Waals surface area contributed by atoms with E-state index in [1.807, 2.05) is 41.0 Å². The summed E-state index contributed by atoms with van der Waals surface area (Å²) in [5.74, 6) is -0.339. The normalized spacial score (nSPS) is 11.8. The van der Waals surface area contributed by atoms with E-state index in [1.165, 1.54) is 5.48 Å². The number of carbonyl (C=O) groups excluding carboxylic acids is 3. The van der Waals surface area contributed by atoms with Gasteiger partial charge in [0, 0.05) is 18.4 Å². The molecule has 3 amide bonds. The summed E-state index contributed by atoms with van der Waals surface area (Å²) in [5, 5.41) is 11.7. The van der Waals surface area contributed by atoms with Gasteiger partial charge in [-0.3, -0.25) is 19.6 Å². The number of amides is 3. The number of nitrogens with two attached hydrogens (primary N) is 1. The molecule has 2 aromatic heterocycles. The van der Waals surface area contributed by atoms with Gasteiger partial charge in [-0.2, -0.15) is 0 Å². The van der Waals surface area contributed by atoms with Crippen molar-refractivity contribution < 1.29 is 24.0 Å². The maximum atomic E-state index is 12.7. The Kier molecular flexibility index (Phi) is 7.22. The summed E-state index contributed by atoms with van der Waals surface area (Å²) in [6.45, 7) is 0.350. The number of nitrogens with zero attached hydrogens (tertiary/aromatic N) is 2. The SMILES string of the molecule is NC(=O)c1ccc2c(c1)nc(C(Cc1ccccc1)NC(=O)CCC(=O)NO)n2Cc1ccco1. The molecule has 0 aliphatic carbocycles. The van der Waals surface area contributed by atoms with Crippen LogP contribution in [0.2, 0.25) is 0 Å². The monoisotopic (exact) mass is 475 g/mol. The Bertz CT molecular complexity index is 1330. The Labute approximate surface area is 200 Å². The zero-order valence-corrected chi connectivity index (χ0v) is 18.8. The molecule has 2 heterocycles. The zero-order valence-electron chi connectivity index (χ0n) is 18.8. The van der Waals surface area contributed by atoms with Gasteiger partial charge in [-0.05, 0) is 42.3 Å². The second-order valence-electron chi connectivity index (χ2n) is 8.05. The summed E-state index contributed by atoms with van der Waals surface area (Å²) in [4.78, 5) is 40.6. The van der Waals surface area contributed by atoms with Crippen molar-refractivity contribution in [3.8, 4) is 0 Å². The lowest BCUT2D eigenvalue weighted by atomic mass is 10.0. The molecule has 5 N–H and O–H groups in total. The average Bonchev–Trinajstić information content (AvgIpc) is 3.50. The quantitative estimate of drug-likeness (QED) is 0.204. The molecular formula is C25H25N5O5. The molecule has 0 spiro atoms. The van der Waals surface area contributed by atoms with Crippen LogP contribution in [-0.4, -0.2) is 32.5 Å². The van der Waals surface area contributed by atoms with Crippen molar-refractivity contribution in [2.45, 2.75) is 31.8 Å². The van der Waals surface area contributed by atoms with Gasteiger partial charge in [0.2, 0.25) is 17.7 Å². The van der Waals surface area contributed by atoms with Gasteiger partial charge in [0.05, 0.1) is 29.9 Å². The molecule has 10 heteroatoms. The van der Waals surface area contributed by atoms with E-state index in [0.717, 1.165) is 11.1 Å². The number of hydroxylamine groups is 1. The largest absolute Gasteiger partial charge is 0.467 e. The fraction of sp³-hybridized carbons (Fsp3) is 0.200. The minimum absolute atomic E-state index is 0.109. The van der Waals surface area contributed by atoms with Crippen LogP contribution < -0.4 is 16.5 Å². The molecule has 1 atom stereocenters. The van der Waals surface area contributed by atoms with Gasteiger partial charge in [-0.1, -0.05) is 30.3 Å². The van der Waals surface area contributed by atoms with Gasteiger partial charge in [0.1, 0.15) is 11.6 Å². The minimum atomic E-state index is -0.649. The first-order valence-corrected chi connectivity index (χ1v) is 11.0. The molecule has 4 rings (SSSR count). The van der Waals surface area contributed by atoms with Crippen LogP contribution in [0.5, 0.6) is 0 Å². The summed E-state index contributed by atoms with van der Waals surface area (Å²) >= 11 is 0. The molecule has 0 aliphatic rings. The first kappa shape index (κ1) is 23.7. The second-order valence-corrected chi connectivity index (χ2v) is 8.05.